The van der Waals surface area contributed by atoms with Gasteiger partial charge in [-0.25, -0.2) is 0 Å². The molecule has 2 rings (SSSR count). The highest BCUT2D eigenvalue weighted by atomic mass is 16.5. The van der Waals surface area contributed by atoms with Gasteiger partial charge in [0.15, 0.2) is 17.5 Å². The number of methoxy groups -OCH3 is 3. The van der Waals surface area contributed by atoms with Crippen molar-refractivity contribution in [3.05, 3.63) is 17.7 Å². The summed E-state index contributed by atoms with van der Waals surface area (Å²) in [5, 5.41) is 0. The van der Waals surface area contributed by atoms with E-state index in [2.05, 4.69) is 4.99 Å². The van der Waals surface area contributed by atoms with Gasteiger partial charge in [-0.3, -0.25) is 4.99 Å². The molecule has 0 aliphatic carbocycles. The number of guanidine groups is 1. The highest BCUT2D eigenvalue weighted by Gasteiger charge is 2.29. The normalized spacial score (nSPS) is 17.9. The molecule has 0 amide bonds. The van der Waals surface area contributed by atoms with Crippen LogP contribution in [0, 0.1) is 0 Å². The monoisotopic (exact) mass is 279 g/mol. The summed E-state index contributed by atoms with van der Waals surface area (Å²) in [4.78, 5) is 6.36. The molecule has 1 aliphatic heterocycles. The van der Waals surface area contributed by atoms with E-state index in [-0.39, 0.29) is 6.04 Å². The van der Waals surface area contributed by atoms with Crippen LogP contribution in [0.4, 0.5) is 0 Å². The first-order valence-electron chi connectivity index (χ1n) is 6.52. The van der Waals surface area contributed by atoms with E-state index >= 15 is 0 Å². The SMILES string of the molecule is CCN1C(N)=NCC1c1cc(OC)c(OC)cc1OC. The Bertz CT molecular complexity index is 517. The van der Waals surface area contributed by atoms with Crippen molar-refractivity contribution in [2.75, 3.05) is 34.4 Å². The van der Waals surface area contributed by atoms with Crippen molar-refractivity contribution in [3.63, 3.8) is 0 Å². The Morgan fingerprint density at radius 1 is 1.15 bits per heavy atom. The summed E-state index contributed by atoms with van der Waals surface area (Å²) in [6, 6.07) is 3.82. The topological polar surface area (TPSA) is 69.3 Å². The summed E-state index contributed by atoms with van der Waals surface area (Å²) in [7, 11) is 4.86. The van der Waals surface area contributed by atoms with Crippen LogP contribution in [0.3, 0.4) is 0 Å². The number of rotatable bonds is 5. The van der Waals surface area contributed by atoms with Crippen LogP contribution < -0.4 is 19.9 Å². The average molecular weight is 279 g/mol. The third-order valence-corrected chi connectivity index (χ3v) is 3.53. The summed E-state index contributed by atoms with van der Waals surface area (Å²) in [5.74, 6) is 2.62. The van der Waals surface area contributed by atoms with E-state index < -0.39 is 0 Å². The molecule has 0 spiro atoms. The van der Waals surface area contributed by atoms with Crippen molar-refractivity contribution in [1.82, 2.24) is 4.90 Å². The van der Waals surface area contributed by atoms with E-state index in [1.54, 1.807) is 21.3 Å². The van der Waals surface area contributed by atoms with Gasteiger partial charge < -0.3 is 24.8 Å². The Morgan fingerprint density at radius 2 is 1.75 bits per heavy atom. The van der Waals surface area contributed by atoms with E-state index in [4.69, 9.17) is 19.9 Å². The predicted octanol–water partition coefficient (Wildman–Crippen LogP) is 1.40. The summed E-state index contributed by atoms with van der Waals surface area (Å²) >= 11 is 0. The van der Waals surface area contributed by atoms with E-state index in [1.165, 1.54) is 0 Å². The molecule has 6 heteroatoms. The van der Waals surface area contributed by atoms with Crippen LogP contribution in [0.2, 0.25) is 0 Å². The standard InChI is InChI=1S/C14H21N3O3/c1-5-17-10(8-16-14(17)15)9-6-12(19-3)13(20-4)7-11(9)18-2/h6-7,10H,5,8H2,1-4H3,(H2,15,16). The number of likely N-dealkylation sites (N-methyl/N-ethyl adjacent to an activating group) is 1. The number of ether oxygens (including phenoxy) is 3. The molecular formula is C14H21N3O3. The largest absolute Gasteiger partial charge is 0.496 e. The minimum absolute atomic E-state index is 0.0646. The van der Waals surface area contributed by atoms with Crippen LogP contribution in [0.15, 0.2) is 17.1 Å². The van der Waals surface area contributed by atoms with Gasteiger partial charge in [0, 0.05) is 18.2 Å². The highest BCUT2D eigenvalue weighted by molar-refractivity contribution is 5.80. The van der Waals surface area contributed by atoms with Gasteiger partial charge in [-0.2, -0.15) is 0 Å². The molecule has 0 fully saturated rings. The molecule has 20 heavy (non-hydrogen) atoms. The van der Waals surface area contributed by atoms with Crippen LogP contribution in [0.25, 0.3) is 0 Å². The van der Waals surface area contributed by atoms with Crippen LogP contribution >= 0.6 is 0 Å². The molecule has 1 aromatic rings. The zero-order valence-electron chi connectivity index (χ0n) is 12.3. The maximum atomic E-state index is 5.91. The van der Waals surface area contributed by atoms with Gasteiger partial charge in [-0.1, -0.05) is 0 Å². The molecule has 1 aromatic carbocycles. The van der Waals surface area contributed by atoms with Crippen molar-refractivity contribution in [2.24, 2.45) is 10.7 Å². The van der Waals surface area contributed by atoms with Crippen molar-refractivity contribution in [2.45, 2.75) is 13.0 Å². The van der Waals surface area contributed by atoms with Gasteiger partial charge in [0.2, 0.25) is 0 Å². The minimum Gasteiger partial charge on any atom is -0.496 e. The van der Waals surface area contributed by atoms with Gasteiger partial charge in [-0.05, 0) is 13.0 Å². The maximum absolute atomic E-state index is 5.91. The first kappa shape index (κ1) is 14.3. The number of aliphatic imine (C=N–C) groups is 1. The number of benzene rings is 1. The lowest BCUT2D eigenvalue weighted by atomic mass is 10.0. The fourth-order valence-electron chi connectivity index (χ4n) is 2.49. The second-order valence-corrected chi connectivity index (χ2v) is 4.45. The minimum atomic E-state index is 0.0646. The maximum Gasteiger partial charge on any atom is 0.191 e. The van der Waals surface area contributed by atoms with Gasteiger partial charge in [0.1, 0.15) is 5.75 Å². The van der Waals surface area contributed by atoms with Crippen molar-refractivity contribution in [3.8, 4) is 17.2 Å². The van der Waals surface area contributed by atoms with Crippen LogP contribution in [-0.2, 0) is 0 Å². The first-order valence-corrected chi connectivity index (χ1v) is 6.52. The number of hydrogen-bond donors (Lipinski definition) is 1. The molecule has 0 saturated carbocycles. The molecule has 0 radical (unpaired) electrons. The molecule has 2 N–H and O–H groups in total. The molecule has 6 nitrogen and oxygen atoms in total. The Labute approximate surface area is 119 Å². The van der Waals surface area contributed by atoms with Crippen LogP contribution in [-0.4, -0.2) is 45.3 Å². The first-order chi connectivity index (χ1) is 9.65. The summed E-state index contributed by atoms with van der Waals surface area (Å²) in [6.45, 7) is 3.46. The van der Waals surface area contributed by atoms with Gasteiger partial charge in [0.05, 0.1) is 33.9 Å². The third-order valence-electron chi connectivity index (χ3n) is 3.53. The Balaban J connectivity index is 2.45. The molecular weight excluding hydrogens is 258 g/mol. The van der Waals surface area contributed by atoms with Gasteiger partial charge in [0.25, 0.3) is 0 Å². The molecule has 0 saturated heterocycles. The van der Waals surface area contributed by atoms with E-state index in [1.807, 2.05) is 24.0 Å². The molecule has 1 heterocycles. The number of nitrogens with two attached hydrogens (primary N) is 1. The molecule has 0 aromatic heterocycles. The molecule has 1 aliphatic rings. The molecule has 1 unspecified atom stereocenters. The molecule has 1 atom stereocenters. The number of nitrogens with zero attached hydrogens (tertiary/aromatic N) is 2. The van der Waals surface area contributed by atoms with E-state index in [0.717, 1.165) is 17.9 Å². The smallest absolute Gasteiger partial charge is 0.191 e. The fraction of sp³-hybridized carbons (Fsp3) is 0.500. The fourth-order valence-corrected chi connectivity index (χ4v) is 2.49. The lowest BCUT2D eigenvalue weighted by Crippen LogP contribution is -2.35. The van der Waals surface area contributed by atoms with Gasteiger partial charge >= 0.3 is 0 Å². The Kier molecular flexibility index (Phi) is 4.22. The van der Waals surface area contributed by atoms with Crippen LogP contribution in [0.5, 0.6) is 17.2 Å². The average Bonchev–Trinajstić information content (AvgIpc) is 2.86. The van der Waals surface area contributed by atoms with Crippen molar-refractivity contribution < 1.29 is 14.2 Å². The summed E-state index contributed by atoms with van der Waals surface area (Å²) in [6.07, 6.45) is 0. The third kappa shape index (κ3) is 2.33. The highest BCUT2D eigenvalue weighted by Crippen LogP contribution is 2.40. The summed E-state index contributed by atoms with van der Waals surface area (Å²) in [5.41, 5.74) is 6.91. The van der Waals surface area contributed by atoms with Crippen molar-refractivity contribution in [1.29, 1.82) is 0 Å². The number of hydrogen-bond acceptors (Lipinski definition) is 6. The Hall–Kier alpha value is -2.11. The molecule has 110 valence electrons. The lowest BCUT2D eigenvalue weighted by Gasteiger charge is -2.27. The quantitative estimate of drug-likeness (QED) is 0.882. The predicted molar refractivity (Wildman–Crippen MR) is 77.7 cm³/mol. The second kappa shape index (κ2) is 5.90. The Morgan fingerprint density at radius 3 is 2.30 bits per heavy atom. The zero-order chi connectivity index (χ0) is 14.7. The van der Waals surface area contributed by atoms with Crippen molar-refractivity contribution >= 4 is 5.96 Å². The van der Waals surface area contributed by atoms with E-state index in [9.17, 15) is 0 Å². The van der Waals surface area contributed by atoms with Gasteiger partial charge in [-0.15, -0.1) is 0 Å². The summed E-state index contributed by atoms with van der Waals surface area (Å²) < 4.78 is 16.1. The molecule has 0 bridgehead atoms. The zero-order valence-corrected chi connectivity index (χ0v) is 12.3. The lowest BCUT2D eigenvalue weighted by molar-refractivity contribution is 0.328. The second-order valence-electron chi connectivity index (χ2n) is 4.45. The van der Waals surface area contributed by atoms with Crippen LogP contribution in [0.1, 0.15) is 18.5 Å². The van der Waals surface area contributed by atoms with E-state index in [0.29, 0.717) is 24.0 Å².